The van der Waals surface area contributed by atoms with Gasteiger partial charge in [0.2, 0.25) is 11.8 Å². The van der Waals surface area contributed by atoms with Crippen LogP contribution in [0.1, 0.15) is 5.56 Å². The molecule has 2 heterocycles. The first-order chi connectivity index (χ1) is 13.5. The number of carbonyl (C=O) groups excluding carboxylic acids is 2. The first kappa shape index (κ1) is 18.6. The lowest BCUT2D eigenvalue weighted by Crippen LogP contribution is -2.50. The van der Waals surface area contributed by atoms with Gasteiger partial charge in [-0.1, -0.05) is 17.7 Å². The van der Waals surface area contributed by atoms with Crippen LogP contribution in [0.2, 0.25) is 5.02 Å². The third kappa shape index (κ3) is 3.78. The maximum Gasteiger partial charge on any atom is 0.241 e. The maximum absolute atomic E-state index is 12.6. The smallest absolute Gasteiger partial charge is 0.241 e. The van der Waals surface area contributed by atoms with E-state index in [1.807, 2.05) is 47.4 Å². The highest BCUT2D eigenvalue weighted by molar-refractivity contribution is 6.30. The summed E-state index contributed by atoms with van der Waals surface area (Å²) in [7, 11) is 1.78. The van der Waals surface area contributed by atoms with E-state index in [9.17, 15) is 9.59 Å². The number of anilines is 3. The number of hydrogen-bond acceptors (Lipinski definition) is 4. The third-order valence-electron chi connectivity index (χ3n) is 5.43. The molecular weight excluding hydrogens is 376 g/mol. The van der Waals surface area contributed by atoms with E-state index >= 15 is 0 Å². The molecule has 7 heteroatoms. The highest BCUT2D eigenvalue weighted by Gasteiger charge is 2.24. The average Bonchev–Trinajstić information content (AvgIpc) is 3.00. The van der Waals surface area contributed by atoms with Gasteiger partial charge in [-0.3, -0.25) is 9.59 Å². The highest BCUT2D eigenvalue weighted by Crippen LogP contribution is 2.30. The molecule has 2 amide bonds. The number of nitrogens with zero attached hydrogens (tertiary/aromatic N) is 3. The number of hydrogen-bond donors (Lipinski definition) is 1. The fraction of sp³-hybridized carbons (Fsp3) is 0.333. The Morgan fingerprint density at radius 3 is 2.50 bits per heavy atom. The second-order valence-corrected chi connectivity index (χ2v) is 7.61. The van der Waals surface area contributed by atoms with Crippen molar-refractivity contribution in [1.29, 1.82) is 0 Å². The molecular formula is C21H23ClN4O2. The molecule has 0 atom stereocenters. The Balaban J connectivity index is 1.30. The molecule has 2 aliphatic heterocycles. The van der Waals surface area contributed by atoms with Crippen molar-refractivity contribution in [2.75, 3.05) is 54.9 Å². The molecule has 0 spiro atoms. The Hall–Kier alpha value is -2.73. The molecule has 146 valence electrons. The fourth-order valence-electron chi connectivity index (χ4n) is 3.71. The summed E-state index contributed by atoms with van der Waals surface area (Å²) in [6, 6.07) is 13.6. The summed E-state index contributed by atoms with van der Waals surface area (Å²) in [4.78, 5) is 30.2. The van der Waals surface area contributed by atoms with Crippen LogP contribution in [0.4, 0.5) is 17.1 Å². The van der Waals surface area contributed by atoms with Crippen molar-refractivity contribution >= 4 is 40.5 Å². The zero-order valence-electron chi connectivity index (χ0n) is 15.8. The Labute approximate surface area is 169 Å². The number of piperazine rings is 1. The first-order valence-corrected chi connectivity index (χ1v) is 9.81. The fourth-order valence-corrected chi connectivity index (χ4v) is 3.83. The summed E-state index contributed by atoms with van der Waals surface area (Å²) in [6.45, 7) is 3.25. The van der Waals surface area contributed by atoms with Crippen LogP contribution in [-0.4, -0.2) is 56.5 Å². The van der Waals surface area contributed by atoms with Crippen molar-refractivity contribution in [2.45, 2.75) is 6.42 Å². The molecule has 0 aliphatic carbocycles. The minimum atomic E-state index is 0.0840. The lowest BCUT2D eigenvalue weighted by atomic mass is 10.1. The maximum atomic E-state index is 12.6. The number of benzene rings is 2. The van der Waals surface area contributed by atoms with Gasteiger partial charge in [0.05, 0.1) is 13.0 Å². The minimum Gasteiger partial charge on any atom is -0.376 e. The van der Waals surface area contributed by atoms with Gasteiger partial charge in [0.25, 0.3) is 0 Å². The average molecular weight is 399 g/mol. The number of nitrogens with one attached hydrogen (secondary N) is 1. The normalized spacial score (nSPS) is 16.4. The van der Waals surface area contributed by atoms with E-state index in [4.69, 9.17) is 11.6 Å². The van der Waals surface area contributed by atoms with Gasteiger partial charge in [0.1, 0.15) is 0 Å². The predicted octanol–water partition coefficient (Wildman–Crippen LogP) is 2.62. The molecule has 0 aromatic heterocycles. The first-order valence-electron chi connectivity index (χ1n) is 9.43. The largest absolute Gasteiger partial charge is 0.376 e. The Morgan fingerprint density at radius 2 is 1.79 bits per heavy atom. The topological polar surface area (TPSA) is 55.9 Å². The quantitative estimate of drug-likeness (QED) is 0.860. The zero-order chi connectivity index (χ0) is 19.7. The second kappa shape index (κ2) is 7.72. The lowest BCUT2D eigenvalue weighted by Gasteiger charge is -2.36. The molecule has 28 heavy (non-hydrogen) atoms. The van der Waals surface area contributed by atoms with Crippen molar-refractivity contribution < 1.29 is 9.59 Å². The van der Waals surface area contributed by atoms with Crippen LogP contribution in [0.3, 0.4) is 0 Å². The molecule has 1 N–H and O–H groups in total. The lowest BCUT2D eigenvalue weighted by molar-refractivity contribution is -0.129. The van der Waals surface area contributed by atoms with Crippen molar-refractivity contribution in [3.05, 3.63) is 53.1 Å². The molecule has 4 rings (SSSR count). The van der Waals surface area contributed by atoms with Gasteiger partial charge in [-0.2, -0.15) is 0 Å². The van der Waals surface area contributed by atoms with Gasteiger partial charge in [-0.25, -0.2) is 0 Å². The van der Waals surface area contributed by atoms with Gasteiger partial charge in [-0.15, -0.1) is 0 Å². The van der Waals surface area contributed by atoms with Gasteiger partial charge < -0.3 is 20.0 Å². The van der Waals surface area contributed by atoms with E-state index in [1.54, 1.807) is 11.9 Å². The van der Waals surface area contributed by atoms with Crippen LogP contribution in [0.15, 0.2) is 42.5 Å². The summed E-state index contributed by atoms with van der Waals surface area (Å²) in [6.07, 6.45) is 0.447. The van der Waals surface area contributed by atoms with Gasteiger partial charge in [-0.05, 0) is 42.0 Å². The molecule has 2 aromatic rings. The molecule has 0 radical (unpaired) electrons. The van der Waals surface area contributed by atoms with Gasteiger partial charge >= 0.3 is 0 Å². The minimum absolute atomic E-state index is 0.0840. The van der Waals surface area contributed by atoms with E-state index in [1.165, 1.54) is 0 Å². The van der Waals surface area contributed by atoms with Crippen molar-refractivity contribution in [1.82, 2.24) is 4.90 Å². The van der Waals surface area contributed by atoms with Crippen LogP contribution >= 0.6 is 11.6 Å². The predicted molar refractivity (Wildman–Crippen MR) is 112 cm³/mol. The Bertz CT molecular complexity index is 892. The molecule has 2 aliphatic rings. The SMILES string of the molecule is CN1C(=O)Cc2ccc(NCC(=O)N3CCN(c4ccc(Cl)cc4)CC3)cc21. The molecule has 1 saturated heterocycles. The van der Waals surface area contributed by atoms with Gasteiger partial charge in [0.15, 0.2) is 0 Å². The van der Waals surface area contributed by atoms with Crippen molar-refractivity contribution in [3.8, 4) is 0 Å². The molecule has 0 unspecified atom stereocenters. The highest BCUT2D eigenvalue weighted by atomic mass is 35.5. The molecule has 0 bridgehead atoms. The number of fused-ring (bicyclic) bond motifs is 1. The van der Waals surface area contributed by atoms with Crippen LogP contribution < -0.4 is 15.1 Å². The number of amides is 2. The third-order valence-corrected chi connectivity index (χ3v) is 5.68. The van der Waals surface area contributed by atoms with Crippen LogP contribution in [0, 0.1) is 0 Å². The Kier molecular flexibility index (Phi) is 5.13. The number of carbonyl (C=O) groups is 2. The molecule has 0 saturated carbocycles. The van der Waals surface area contributed by atoms with Gasteiger partial charge in [0, 0.05) is 55.3 Å². The van der Waals surface area contributed by atoms with Crippen LogP contribution in [0.25, 0.3) is 0 Å². The van der Waals surface area contributed by atoms with Crippen LogP contribution in [0.5, 0.6) is 0 Å². The zero-order valence-corrected chi connectivity index (χ0v) is 16.6. The molecule has 1 fully saturated rings. The standard InChI is InChI=1S/C21H23ClN4O2/c1-24-19-13-17(5-2-15(19)12-20(24)27)23-14-21(28)26-10-8-25(9-11-26)18-6-3-16(22)4-7-18/h2-7,13,23H,8-12,14H2,1H3. The van der Waals surface area contributed by atoms with E-state index < -0.39 is 0 Å². The van der Waals surface area contributed by atoms with E-state index in [0.29, 0.717) is 19.5 Å². The monoisotopic (exact) mass is 398 g/mol. The number of halogens is 1. The van der Waals surface area contributed by atoms with Crippen molar-refractivity contribution in [2.24, 2.45) is 0 Å². The van der Waals surface area contributed by atoms with E-state index in [0.717, 1.165) is 40.7 Å². The summed E-state index contributed by atoms with van der Waals surface area (Å²) < 4.78 is 0. The molecule has 6 nitrogen and oxygen atoms in total. The summed E-state index contributed by atoms with van der Waals surface area (Å²) in [5, 5.41) is 3.93. The second-order valence-electron chi connectivity index (χ2n) is 7.17. The number of likely N-dealkylation sites (N-methyl/N-ethyl adjacent to an activating group) is 1. The summed E-state index contributed by atoms with van der Waals surface area (Å²) in [5.41, 5.74) is 3.93. The van der Waals surface area contributed by atoms with Crippen molar-refractivity contribution in [3.63, 3.8) is 0 Å². The number of rotatable bonds is 4. The summed E-state index contributed by atoms with van der Waals surface area (Å²) in [5.74, 6) is 0.183. The van der Waals surface area contributed by atoms with E-state index in [2.05, 4.69) is 10.2 Å². The molecule has 2 aromatic carbocycles. The van der Waals surface area contributed by atoms with E-state index in [-0.39, 0.29) is 18.4 Å². The Morgan fingerprint density at radius 1 is 1.07 bits per heavy atom. The summed E-state index contributed by atoms with van der Waals surface area (Å²) >= 11 is 5.95. The van der Waals surface area contributed by atoms with Crippen LogP contribution in [-0.2, 0) is 16.0 Å².